The number of hydrogen-bond donors (Lipinski definition) is 0. The number of halogens is 2. The van der Waals surface area contributed by atoms with Crippen molar-refractivity contribution in [2.45, 2.75) is 13.3 Å². The van der Waals surface area contributed by atoms with Gasteiger partial charge >= 0.3 is 0 Å². The lowest BCUT2D eigenvalue weighted by molar-refractivity contribution is 1.16. The summed E-state index contributed by atoms with van der Waals surface area (Å²) >= 11 is 12.1. The molecule has 1 aromatic heterocycles. The summed E-state index contributed by atoms with van der Waals surface area (Å²) in [5, 5.41) is 10.0. The van der Waals surface area contributed by atoms with Crippen molar-refractivity contribution >= 4 is 23.2 Å². The SMILES string of the molecule is Cc1c(CC#N)ccnc1-c1cc(Cl)ccc1Cl. The summed E-state index contributed by atoms with van der Waals surface area (Å²) in [4.78, 5) is 4.34. The minimum atomic E-state index is 0.361. The highest BCUT2D eigenvalue weighted by Gasteiger charge is 2.11. The number of rotatable bonds is 2. The van der Waals surface area contributed by atoms with Gasteiger partial charge in [0.15, 0.2) is 0 Å². The molecule has 0 amide bonds. The normalized spacial score (nSPS) is 10.1. The molecule has 0 spiro atoms. The zero-order chi connectivity index (χ0) is 13.1. The smallest absolute Gasteiger partial charge is 0.0749 e. The Balaban J connectivity index is 2.61. The third-order valence-electron chi connectivity index (χ3n) is 2.77. The second-order valence-corrected chi connectivity index (χ2v) is 4.75. The number of benzene rings is 1. The van der Waals surface area contributed by atoms with E-state index >= 15 is 0 Å². The number of aromatic nitrogens is 1. The average Bonchev–Trinajstić information content (AvgIpc) is 2.35. The minimum absolute atomic E-state index is 0.361. The Hall–Kier alpha value is -1.56. The minimum Gasteiger partial charge on any atom is -0.256 e. The maximum Gasteiger partial charge on any atom is 0.0749 e. The molecule has 1 heterocycles. The predicted octanol–water partition coefficient (Wildman–Crippen LogP) is 4.43. The lowest BCUT2D eigenvalue weighted by atomic mass is 10.0. The van der Waals surface area contributed by atoms with E-state index in [1.807, 2.05) is 13.0 Å². The van der Waals surface area contributed by atoms with Gasteiger partial charge in [0.25, 0.3) is 0 Å². The van der Waals surface area contributed by atoms with Crippen molar-refractivity contribution in [2.24, 2.45) is 0 Å². The lowest BCUT2D eigenvalue weighted by Gasteiger charge is -2.10. The second-order valence-electron chi connectivity index (χ2n) is 3.90. The van der Waals surface area contributed by atoms with E-state index in [9.17, 15) is 0 Å². The molecule has 0 aliphatic rings. The van der Waals surface area contributed by atoms with Crippen LogP contribution in [0.15, 0.2) is 30.5 Å². The van der Waals surface area contributed by atoms with Crippen LogP contribution in [0.2, 0.25) is 10.0 Å². The van der Waals surface area contributed by atoms with E-state index in [-0.39, 0.29) is 0 Å². The van der Waals surface area contributed by atoms with Gasteiger partial charge in [0.05, 0.1) is 23.2 Å². The molecule has 2 nitrogen and oxygen atoms in total. The summed E-state index contributed by atoms with van der Waals surface area (Å²) in [7, 11) is 0. The summed E-state index contributed by atoms with van der Waals surface area (Å²) in [5.41, 5.74) is 3.48. The molecule has 18 heavy (non-hydrogen) atoms. The summed E-state index contributed by atoms with van der Waals surface area (Å²) in [5.74, 6) is 0. The molecule has 1 aromatic carbocycles. The van der Waals surface area contributed by atoms with Crippen molar-refractivity contribution in [3.8, 4) is 17.3 Å². The van der Waals surface area contributed by atoms with Crippen molar-refractivity contribution in [1.29, 1.82) is 5.26 Å². The first-order valence-corrected chi connectivity index (χ1v) is 6.16. The van der Waals surface area contributed by atoms with E-state index < -0.39 is 0 Å². The summed E-state index contributed by atoms with van der Waals surface area (Å²) in [6.07, 6.45) is 2.05. The molecule has 0 unspecified atom stereocenters. The van der Waals surface area contributed by atoms with Crippen LogP contribution in [0, 0.1) is 18.3 Å². The van der Waals surface area contributed by atoms with Gasteiger partial charge in [-0.05, 0) is 42.3 Å². The van der Waals surface area contributed by atoms with Gasteiger partial charge in [-0.25, -0.2) is 0 Å². The zero-order valence-electron chi connectivity index (χ0n) is 9.74. The van der Waals surface area contributed by atoms with Crippen LogP contribution in [-0.4, -0.2) is 4.98 Å². The van der Waals surface area contributed by atoms with Crippen molar-refractivity contribution < 1.29 is 0 Å². The molecular weight excluding hydrogens is 267 g/mol. The first-order valence-electron chi connectivity index (χ1n) is 5.40. The topological polar surface area (TPSA) is 36.7 Å². The van der Waals surface area contributed by atoms with Crippen LogP contribution in [0.3, 0.4) is 0 Å². The van der Waals surface area contributed by atoms with Gasteiger partial charge in [-0.15, -0.1) is 0 Å². The molecule has 2 rings (SSSR count). The van der Waals surface area contributed by atoms with Crippen LogP contribution < -0.4 is 0 Å². The standard InChI is InChI=1S/C14H10Cl2N2/c1-9-10(4-6-17)5-7-18-14(9)12-8-11(15)2-3-13(12)16/h2-3,5,7-8H,4H2,1H3. The summed E-state index contributed by atoms with van der Waals surface area (Å²) in [6, 6.07) is 9.26. The third-order valence-corrected chi connectivity index (χ3v) is 3.33. The first-order chi connectivity index (χ1) is 8.63. The first kappa shape index (κ1) is 12.9. The van der Waals surface area contributed by atoms with Gasteiger partial charge in [0, 0.05) is 16.8 Å². The van der Waals surface area contributed by atoms with Crippen LogP contribution in [0.4, 0.5) is 0 Å². The molecule has 0 aliphatic heterocycles. The van der Waals surface area contributed by atoms with Crippen molar-refractivity contribution in [3.63, 3.8) is 0 Å². The van der Waals surface area contributed by atoms with Crippen LogP contribution in [0.1, 0.15) is 11.1 Å². The van der Waals surface area contributed by atoms with Crippen molar-refractivity contribution in [3.05, 3.63) is 51.6 Å². The fraction of sp³-hybridized carbons (Fsp3) is 0.143. The monoisotopic (exact) mass is 276 g/mol. The van der Waals surface area contributed by atoms with Crippen molar-refractivity contribution in [1.82, 2.24) is 4.98 Å². The maximum absolute atomic E-state index is 8.79. The molecule has 0 fully saturated rings. The fourth-order valence-electron chi connectivity index (χ4n) is 1.80. The van der Waals surface area contributed by atoms with Gasteiger partial charge < -0.3 is 0 Å². The molecule has 0 saturated heterocycles. The van der Waals surface area contributed by atoms with E-state index in [2.05, 4.69) is 11.1 Å². The van der Waals surface area contributed by atoms with E-state index in [4.69, 9.17) is 28.5 Å². The molecular formula is C14H10Cl2N2. The van der Waals surface area contributed by atoms with Crippen LogP contribution in [0.25, 0.3) is 11.3 Å². The Kier molecular flexibility index (Phi) is 3.86. The Labute approximate surface area is 116 Å². The maximum atomic E-state index is 8.79. The molecule has 0 radical (unpaired) electrons. The highest BCUT2D eigenvalue weighted by molar-refractivity contribution is 6.35. The number of nitrogens with zero attached hydrogens (tertiary/aromatic N) is 2. The zero-order valence-corrected chi connectivity index (χ0v) is 11.3. The fourth-order valence-corrected chi connectivity index (χ4v) is 2.18. The molecule has 4 heteroatoms. The molecule has 0 saturated carbocycles. The van der Waals surface area contributed by atoms with Gasteiger partial charge in [-0.1, -0.05) is 23.2 Å². The summed E-state index contributed by atoms with van der Waals surface area (Å²) < 4.78 is 0. The molecule has 0 atom stereocenters. The highest BCUT2D eigenvalue weighted by atomic mass is 35.5. The largest absolute Gasteiger partial charge is 0.256 e. The molecule has 0 aliphatic carbocycles. The average molecular weight is 277 g/mol. The van der Waals surface area contributed by atoms with Gasteiger partial charge in [-0.3, -0.25) is 4.98 Å². The molecule has 0 N–H and O–H groups in total. The quantitative estimate of drug-likeness (QED) is 0.814. The lowest BCUT2D eigenvalue weighted by Crippen LogP contribution is -1.95. The Morgan fingerprint density at radius 3 is 2.78 bits per heavy atom. The predicted molar refractivity (Wildman–Crippen MR) is 73.7 cm³/mol. The molecule has 2 aromatic rings. The molecule has 90 valence electrons. The Morgan fingerprint density at radius 1 is 1.28 bits per heavy atom. The number of pyridine rings is 1. The number of hydrogen-bond acceptors (Lipinski definition) is 2. The van der Waals surface area contributed by atoms with E-state index in [0.717, 1.165) is 22.4 Å². The van der Waals surface area contributed by atoms with Crippen LogP contribution in [0.5, 0.6) is 0 Å². The Morgan fingerprint density at radius 2 is 2.06 bits per heavy atom. The van der Waals surface area contributed by atoms with Gasteiger partial charge in [0.1, 0.15) is 0 Å². The van der Waals surface area contributed by atoms with E-state index in [1.54, 1.807) is 24.4 Å². The van der Waals surface area contributed by atoms with E-state index in [0.29, 0.717) is 16.5 Å². The van der Waals surface area contributed by atoms with Gasteiger partial charge in [0.2, 0.25) is 0 Å². The van der Waals surface area contributed by atoms with Crippen LogP contribution in [-0.2, 0) is 6.42 Å². The van der Waals surface area contributed by atoms with Gasteiger partial charge in [-0.2, -0.15) is 5.26 Å². The van der Waals surface area contributed by atoms with E-state index in [1.165, 1.54) is 0 Å². The number of nitriles is 1. The summed E-state index contributed by atoms with van der Waals surface area (Å²) in [6.45, 7) is 1.94. The third kappa shape index (κ3) is 2.48. The highest BCUT2D eigenvalue weighted by Crippen LogP contribution is 2.32. The Bertz CT molecular complexity index is 630. The van der Waals surface area contributed by atoms with Crippen LogP contribution >= 0.6 is 23.2 Å². The second kappa shape index (κ2) is 5.39. The molecule has 0 bridgehead atoms. The van der Waals surface area contributed by atoms with Crippen molar-refractivity contribution in [2.75, 3.05) is 0 Å².